The van der Waals surface area contributed by atoms with Crippen molar-refractivity contribution in [3.8, 4) is 0 Å². The van der Waals surface area contributed by atoms with Crippen molar-refractivity contribution in [2.24, 2.45) is 0 Å². The van der Waals surface area contributed by atoms with Gasteiger partial charge in [0.05, 0.1) is 6.61 Å². The Labute approximate surface area is 107 Å². The number of aliphatic hydroxyl groups excluding tert-OH is 3. The van der Waals surface area contributed by atoms with Crippen molar-refractivity contribution in [3.05, 3.63) is 18.0 Å². The highest BCUT2D eigenvalue weighted by Gasteiger charge is 2.37. The van der Waals surface area contributed by atoms with Crippen LogP contribution >= 0.6 is 0 Å². The van der Waals surface area contributed by atoms with E-state index in [4.69, 9.17) is 10.8 Å². The lowest BCUT2D eigenvalue weighted by atomic mass is 10.1. The van der Waals surface area contributed by atoms with Crippen LogP contribution < -0.4 is 5.73 Å². The van der Waals surface area contributed by atoms with Gasteiger partial charge in [-0.15, -0.1) is 5.10 Å². The molecule has 9 nitrogen and oxygen atoms in total. The Bertz CT molecular complexity index is 654. The van der Waals surface area contributed by atoms with E-state index in [0.29, 0.717) is 16.7 Å². The topological polar surface area (TPSA) is 143 Å². The van der Waals surface area contributed by atoms with E-state index in [1.54, 1.807) is 6.08 Å². The molecule has 0 aromatic carbocycles. The van der Waals surface area contributed by atoms with E-state index in [9.17, 15) is 10.2 Å². The van der Waals surface area contributed by atoms with Gasteiger partial charge in [0.1, 0.15) is 24.6 Å². The number of hydrogen-bond acceptors (Lipinski definition) is 8. The fourth-order valence-electron chi connectivity index (χ4n) is 2.17. The van der Waals surface area contributed by atoms with Gasteiger partial charge in [0, 0.05) is 0 Å². The van der Waals surface area contributed by atoms with Crippen molar-refractivity contribution in [1.29, 1.82) is 0 Å². The Kier molecular flexibility index (Phi) is 2.66. The normalized spacial score (nSPS) is 26.9. The first-order valence-corrected chi connectivity index (χ1v) is 5.62. The smallest absolute Gasteiger partial charge is 0.184 e. The largest absolute Gasteiger partial charge is 0.392 e. The molecule has 3 rings (SSSR count). The van der Waals surface area contributed by atoms with Crippen LogP contribution in [0.4, 0.5) is 5.82 Å². The highest BCUT2D eigenvalue weighted by atomic mass is 16.3. The number of aliphatic hydroxyl groups is 3. The van der Waals surface area contributed by atoms with E-state index in [0.717, 1.165) is 0 Å². The third kappa shape index (κ3) is 1.67. The first-order valence-electron chi connectivity index (χ1n) is 5.62. The number of nitrogen functional groups attached to an aromatic ring is 1. The number of nitrogens with two attached hydrogens (primary N) is 1. The van der Waals surface area contributed by atoms with Crippen molar-refractivity contribution in [1.82, 2.24) is 25.0 Å². The summed E-state index contributed by atoms with van der Waals surface area (Å²) in [5.74, 6) is 0.190. The molecule has 0 amide bonds. The summed E-state index contributed by atoms with van der Waals surface area (Å²) in [5.41, 5.74) is 6.67. The molecule has 0 aliphatic heterocycles. The van der Waals surface area contributed by atoms with E-state index >= 15 is 0 Å². The number of anilines is 1. The third-order valence-corrected chi connectivity index (χ3v) is 3.19. The molecular formula is C10H12N6O3. The Balaban J connectivity index is 2.11. The SMILES string of the molecule is Nc1ncnc2c1nnn2[C@@H]1C=C(CO)[C@@H](O)[C@H]1O. The summed E-state index contributed by atoms with van der Waals surface area (Å²) >= 11 is 0. The van der Waals surface area contributed by atoms with Gasteiger partial charge in [-0.25, -0.2) is 14.6 Å². The lowest BCUT2D eigenvalue weighted by Crippen LogP contribution is -2.30. The zero-order chi connectivity index (χ0) is 13.6. The van der Waals surface area contributed by atoms with Crippen LogP contribution in [0.3, 0.4) is 0 Å². The van der Waals surface area contributed by atoms with Crippen LogP contribution in [0.5, 0.6) is 0 Å². The Morgan fingerprint density at radius 3 is 2.79 bits per heavy atom. The van der Waals surface area contributed by atoms with Crippen LogP contribution in [0.25, 0.3) is 11.2 Å². The molecule has 0 saturated heterocycles. The van der Waals surface area contributed by atoms with Crippen LogP contribution in [-0.4, -0.2) is 59.1 Å². The second-order valence-corrected chi connectivity index (χ2v) is 4.29. The molecule has 0 unspecified atom stereocenters. The Hall–Kier alpha value is -2.10. The maximum absolute atomic E-state index is 9.98. The molecule has 0 radical (unpaired) electrons. The fourth-order valence-corrected chi connectivity index (χ4v) is 2.17. The standard InChI is InChI=1S/C10H12N6O3/c11-9-6-10(13-3-12-9)16(15-14-6)5-1-4(2-17)7(18)8(5)19/h1,3,5,7-8,17-19H,2H2,(H2,11,12,13)/t5-,7-,8+/m1/s1. The summed E-state index contributed by atoms with van der Waals surface area (Å²) < 4.78 is 1.35. The van der Waals surface area contributed by atoms with Crippen LogP contribution in [-0.2, 0) is 0 Å². The van der Waals surface area contributed by atoms with Crippen molar-refractivity contribution >= 4 is 17.0 Å². The molecular weight excluding hydrogens is 252 g/mol. The van der Waals surface area contributed by atoms with Crippen molar-refractivity contribution < 1.29 is 15.3 Å². The molecule has 0 saturated carbocycles. The number of hydrogen-bond donors (Lipinski definition) is 4. The van der Waals surface area contributed by atoms with Crippen LogP contribution in [0.2, 0.25) is 0 Å². The van der Waals surface area contributed by atoms with Gasteiger partial charge in [-0.1, -0.05) is 11.3 Å². The summed E-state index contributed by atoms with van der Waals surface area (Å²) in [6.07, 6.45) is 0.560. The molecule has 1 aliphatic carbocycles. The Morgan fingerprint density at radius 1 is 1.32 bits per heavy atom. The van der Waals surface area contributed by atoms with Gasteiger partial charge >= 0.3 is 0 Å². The number of rotatable bonds is 2. The maximum atomic E-state index is 9.98. The molecule has 5 N–H and O–H groups in total. The summed E-state index contributed by atoms with van der Waals surface area (Å²) in [6, 6.07) is -0.656. The molecule has 19 heavy (non-hydrogen) atoms. The summed E-state index contributed by atoms with van der Waals surface area (Å²) in [6.45, 7) is -0.335. The average Bonchev–Trinajstić information content (AvgIpc) is 2.94. The van der Waals surface area contributed by atoms with Crippen molar-refractivity contribution in [2.45, 2.75) is 18.2 Å². The van der Waals surface area contributed by atoms with Gasteiger partial charge in [0.15, 0.2) is 17.0 Å². The van der Waals surface area contributed by atoms with Crippen molar-refractivity contribution in [2.75, 3.05) is 12.3 Å². The highest BCUT2D eigenvalue weighted by Crippen LogP contribution is 2.30. The van der Waals surface area contributed by atoms with Gasteiger partial charge in [-0.05, 0) is 5.57 Å². The molecule has 100 valence electrons. The lowest BCUT2D eigenvalue weighted by Gasteiger charge is -2.17. The summed E-state index contributed by atoms with van der Waals surface area (Å²) in [5, 5.41) is 36.6. The number of aromatic nitrogens is 5. The zero-order valence-corrected chi connectivity index (χ0v) is 9.75. The number of nitrogens with zero attached hydrogens (tertiary/aromatic N) is 5. The molecule has 0 spiro atoms. The van der Waals surface area contributed by atoms with E-state index in [1.165, 1.54) is 11.0 Å². The monoisotopic (exact) mass is 264 g/mol. The second kappa shape index (κ2) is 4.23. The van der Waals surface area contributed by atoms with Gasteiger partial charge in [0.2, 0.25) is 0 Å². The zero-order valence-electron chi connectivity index (χ0n) is 9.75. The van der Waals surface area contributed by atoms with Gasteiger partial charge < -0.3 is 21.1 Å². The summed E-state index contributed by atoms with van der Waals surface area (Å²) in [7, 11) is 0. The molecule has 2 aromatic heterocycles. The average molecular weight is 264 g/mol. The van der Waals surface area contributed by atoms with E-state index < -0.39 is 18.2 Å². The fraction of sp³-hybridized carbons (Fsp3) is 0.400. The van der Waals surface area contributed by atoms with E-state index in [2.05, 4.69) is 20.3 Å². The second-order valence-electron chi connectivity index (χ2n) is 4.29. The summed E-state index contributed by atoms with van der Waals surface area (Å²) in [4.78, 5) is 7.82. The predicted octanol–water partition coefficient (Wildman–Crippen LogP) is -2.00. The first kappa shape index (κ1) is 12.0. The van der Waals surface area contributed by atoms with Gasteiger partial charge in [-0.2, -0.15) is 0 Å². The molecule has 0 bridgehead atoms. The van der Waals surface area contributed by atoms with Crippen LogP contribution in [0.15, 0.2) is 18.0 Å². The minimum Gasteiger partial charge on any atom is -0.392 e. The molecule has 9 heteroatoms. The predicted molar refractivity (Wildman–Crippen MR) is 63.7 cm³/mol. The molecule has 2 heterocycles. The van der Waals surface area contributed by atoms with Crippen LogP contribution in [0.1, 0.15) is 6.04 Å². The molecule has 2 aromatic rings. The minimum atomic E-state index is -1.13. The minimum absolute atomic E-state index is 0.190. The van der Waals surface area contributed by atoms with E-state index in [-0.39, 0.29) is 12.4 Å². The lowest BCUT2D eigenvalue weighted by molar-refractivity contribution is 0.0261. The highest BCUT2D eigenvalue weighted by molar-refractivity contribution is 5.80. The maximum Gasteiger partial charge on any atom is 0.184 e. The quantitative estimate of drug-likeness (QED) is 0.456. The van der Waals surface area contributed by atoms with E-state index in [1.807, 2.05) is 0 Å². The molecule has 0 fully saturated rings. The first-order chi connectivity index (χ1) is 9.13. The van der Waals surface area contributed by atoms with Gasteiger partial charge in [-0.3, -0.25) is 0 Å². The van der Waals surface area contributed by atoms with Crippen LogP contribution in [0, 0.1) is 0 Å². The van der Waals surface area contributed by atoms with Crippen molar-refractivity contribution in [3.63, 3.8) is 0 Å². The number of fused-ring (bicyclic) bond motifs is 1. The third-order valence-electron chi connectivity index (χ3n) is 3.19. The molecule has 1 aliphatic rings. The van der Waals surface area contributed by atoms with Gasteiger partial charge in [0.25, 0.3) is 0 Å². The Morgan fingerprint density at radius 2 is 2.11 bits per heavy atom. The molecule has 3 atom stereocenters.